The second-order valence-corrected chi connectivity index (χ2v) is 13.9. The molecule has 3 atom stereocenters. The molecule has 0 aromatic heterocycles. The van der Waals surface area contributed by atoms with Crippen LogP contribution in [-0.2, 0) is 18.4 Å². The number of nitrogens with two attached hydrogens (primary N) is 1. The number of hydrogen-bond acceptors (Lipinski definition) is 6. The van der Waals surface area contributed by atoms with Crippen molar-refractivity contribution in [3.63, 3.8) is 0 Å². The van der Waals surface area contributed by atoms with Gasteiger partial charge < -0.3 is 21.1 Å². The highest BCUT2D eigenvalue weighted by Crippen LogP contribution is 2.43. The maximum Gasteiger partial charge on any atom is 0.472 e. The summed E-state index contributed by atoms with van der Waals surface area (Å²) in [5.41, 5.74) is 5.33. The summed E-state index contributed by atoms with van der Waals surface area (Å²) in [6, 6.07) is -0.869. The molecule has 0 rings (SSSR count). The number of carbonyl (C=O) groups is 1. The monoisotopic (exact) mass is 659 g/mol. The predicted octanol–water partition coefficient (Wildman–Crippen LogP) is 9.44. The summed E-state index contributed by atoms with van der Waals surface area (Å²) in [4.78, 5) is 22.5. The lowest BCUT2D eigenvalue weighted by molar-refractivity contribution is -0.123. The number of aliphatic hydroxyl groups is 1. The molecule has 3 unspecified atom stereocenters. The van der Waals surface area contributed by atoms with Crippen molar-refractivity contribution in [1.29, 1.82) is 0 Å². The van der Waals surface area contributed by atoms with Crippen LogP contribution in [0.15, 0.2) is 24.3 Å². The highest BCUT2D eigenvalue weighted by molar-refractivity contribution is 7.47. The van der Waals surface area contributed by atoms with Crippen molar-refractivity contribution in [2.75, 3.05) is 19.8 Å². The van der Waals surface area contributed by atoms with E-state index in [2.05, 4.69) is 31.3 Å². The summed E-state index contributed by atoms with van der Waals surface area (Å²) >= 11 is 0. The van der Waals surface area contributed by atoms with Crippen molar-refractivity contribution >= 4 is 13.7 Å². The Balaban J connectivity index is 4.17. The molecule has 9 heteroatoms. The molecule has 0 bridgehead atoms. The number of phosphoric ester groups is 1. The van der Waals surface area contributed by atoms with Gasteiger partial charge in [-0.25, -0.2) is 4.57 Å². The number of rotatable bonds is 34. The SMILES string of the molecule is CCCC/C=C/CC/C=C/C(O)C(COP(=O)(O)OCCN)NC(=O)CCCCCCCCCCCCCCCCCCCC. The van der Waals surface area contributed by atoms with Crippen molar-refractivity contribution in [3.05, 3.63) is 24.3 Å². The van der Waals surface area contributed by atoms with Gasteiger partial charge in [-0.05, 0) is 25.7 Å². The smallest absolute Gasteiger partial charge is 0.387 e. The number of nitrogens with one attached hydrogen (secondary N) is 1. The minimum absolute atomic E-state index is 0.0751. The average molecular weight is 659 g/mol. The number of unbranched alkanes of at least 4 members (excludes halogenated alkanes) is 20. The van der Waals surface area contributed by atoms with Gasteiger partial charge >= 0.3 is 7.82 Å². The fraction of sp³-hybridized carbons (Fsp3) is 0.861. The second kappa shape index (κ2) is 32.9. The lowest BCUT2D eigenvalue weighted by atomic mass is 10.0. The number of hydrogen-bond donors (Lipinski definition) is 4. The van der Waals surface area contributed by atoms with Gasteiger partial charge in [-0.15, -0.1) is 0 Å². The van der Waals surface area contributed by atoms with Gasteiger partial charge in [0.05, 0.1) is 25.4 Å². The van der Waals surface area contributed by atoms with E-state index in [0.29, 0.717) is 6.42 Å². The highest BCUT2D eigenvalue weighted by atomic mass is 31.2. The van der Waals surface area contributed by atoms with Gasteiger partial charge in [0.2, 0.25) is 5.91 Å². The van der Waals surface area contributed by atoms with Crippen molar-refractivity contribution in [2.45, 2.75) is 180 Å². The minimum Gasteiger partial charge on any atom is -0.387 e. The molecule has 0 saturated heterocycles. The fourth-order valence-electron chi connectivity index (χ4n) is 5.19. The van der Waals surface area contributed by atoms with Crippen LogP contribution in [0.25, 0.3) is 0 Å². The third-order valence-electron chi connectivity index (χ3n) is 8.03. The van der Waals surface area contributed by atoms with Crippen molar-refractivity contribution < 1.29 is 28.4 Å². The summed E-state index contributed by atoms with van der Waals surface area (Å²) in [7, 11) is -4.33. The van der Waals surface area contributed by atoms with Gasteiger partial charge in [-0.2, -0.15) is 0 Å². The Morgan fingerprint density at radius 2 is 1.18 bits per heavy atom. The van der Waals surface area contributed by atoms with Crippen LogP contribution < -0.4 is 11.1 Å². The van der Waals surface area contributed by atoms with E-state index in [4.69, 9.17) is 14.8 Å². The topological polar surface area (TPSA) is 131 Å². The Kier molecular flexibility index (Phi) is 32.2. The zero-order valence-corrected chi connectivity index (χ0v) is 30.0. The molecular formula is C36H71N2O6P. The third kappa shape index (κ3) is 31.4. The molecule has 5 N–H and O–H groups in total. The molecule has 45 heavy (non-hydrogen) atoms. The molecular weight excluding hydrogens is 587 g/mol. The van der Waals surface area contributed by atoms with Crippen molar-refractivity contribution in [2.24, 2.45) is 5.73 Å². The molecule has 1 amide bonds. The second-order valence-electron chi connectivity index (χ2n) is 12.4. The van der Waals surface area contributed by atoms with E-state index < -0.39 is 20.0 Å². The van der Waals surface area contributed by atoms with Crippen LogP contribution in [0.3, 0.4) is 0 Å². The van der Waals surface area contributed by atoms with Gasteiger partial charge in [0.1, 0.15) is 0 Å². The van der Waals surface area contributed by atoms with Crippen LogP contribution in [-0.4, -0.2) is 47.8 Å². The van der Waals surface area contributed by atoms with Crippen molar-refractivity contribution in [3.8, 4) is 0 Å². The largest absolute Gasteiger partial charge is 0.472 e. The molecule has 0 aliphatic carbocycles. The number of allylic oxidation sites excluding steroid dienone is 3. The van der Waals surface area contributed by atoms with Crippen LogP contribution in [0.1, 0.15) is 168 Å². The standard InChI is InChI=1S/C36H71N2O6P/c1-3-5-7-9-11-13-14-15-16-17-18-19-20-21-22-24-26-28-30-36(40)38-34(33-44-45(41,42)43-32-31-37)35(39)29-27-25-23-12-10-8-6-4-2/h10,12,27,29,34-35,39H,3-9,11,13-26,28,30-33,37H2,1-2H3,(H,38,40)(H,41,42)/b12-10+,29-27+. The summed E-state index contributed by atoms with van der Waals surface area (Å²) in [6.45, 7) is 4.03. The van der Waals surface area contributed by atoms with E-state index in [1.54, 1.807) is 6.08 Å². The lowest BCUT2D eigenvalue weighted by Crippen LogP contribution is -2.45. The quantitative estimate of drug-likeness (QED) is 0.0308. The zero-order valence-electron chi connectivity index (χ0n) is 29.1. The molecule has 8 nitrogen and oxygen atoms in total. The number of carbonyl (C=O) groups excluding carboxylic acids is 1. The fourth-order valence-corrected chi connectivity index (χ4v) is 5.95. The first kappa shape index (κ1) is 44.0. The Labute approximate surface area is 277 Å². The van der Waals surface area contributed by atoms with E-state index in [1.807, 2.05) is 6.08 Å². The third-order valence-corrected chi connectivity index (χ3v) is 9.01. The Bertz CT molecular complexity index is 764. The Hall–Kier alpha value is -1.02. The molecule has 0 radical (unpaired) electrons. The first-order valence-corrected chi connectivity index (χ1v) is 20.0. The van der Waals surface area contributed by atoms with Gasteiger partial charge in [0.15, 0.2) is 0 Å². The summed E-state index contributed by atoms with van der Waals surface area (Å²) < 4.78 is 21.9. The minimum atomic E-state index is -4.33. The first-order chi connectivity index (χ1) is 21.9. The Morgan fingerprint density at radius 1 is 0.711 bits per heavy atom. The van der Waals surface area contributed by atoms with E-state index in [9.17, 15) is 19.4 Å². The molecule has 266 valence electrons. The summed E-state index contributed by atoms with van der Waals surface area (Å²) in [5, 5.41) is 13.5. The van der Waals surface area contributed by atoms with Crippen LogP contribution >= 0.6 is 7.82 Å². The molecule has 0 aliphatic rings. The highest BCUT2D eigenvalue weighted by Gasteiger charge is 2.26. The van der Waals surface area contributed by atoms with Crippen LogP contribution in [0.2, 0.25) is 0 Å². The molecule has 0 heterocycles. The van der Waals surface area contributed by atoms with Gasteiger partial charge in [-0.3, -0.25) is 13.8 Å². The first-order valence-electron chi connectivity index (χ1n) is 18.5. The molecule has 0 aliphatic heterocycles. The van der Waals surface area contributed by atoms with Crippen molar-refractivity contribution in [1.82, 2.24) is 5.32 Å². The summed E-state index contributed by atoms with van der Waals surface area (Å²) in [6.07, 6.45) is 35.3. The van der Waals surface area contributed by atoms with E-state index in [-0.39, 0.29) is 25.7 Å². The van der Waals surface area contributed by atoms with E-state index in [1.165, 1.54) is 109 Å². The van der Waals surface area contributed by atoms with Gasteiger partial charge in [0, 0.05) is 13.0 Å². The van der Waals surface area contributed by atoms with Crippen LogP contribution in [0.5, 0.6) is 0 Å². The number of aliphatic hydroxyl groups excluding tert-OH is 1. The average Bonchev–Trinajstić information content (AvgIpc) is 3.02. The zero-order chi connectivity index (χ0) is 33.3. The number of phosphoric acid groups is 1. The number of amides is 1. The van der Waals surface area contributed by atoms with Crippen LogP contribution in [0.4, 0.5) is 0 Å². The predicted molar refractivity (Wildman–Crippen MR) is 189 cm³/mol. The molecule has 0 fully saturated rings. The van der Waals surface area contributed by atoms with E-state index in [0.717, 1.165) is 38.5 Å². The van der Waals surface area contributed by atoms with Gasteiger partial charge in [0.25, 0.3) is 0 Å². The maximum absolute atomic E-state index is 12.6. The Morgan fingerprint density at radius 3 is 1.69 bits per heavy atom. The normalized spacial score (nSPS) is 14.7. The molecule has 0 saturated carbocycles. The van der Waals surface area contributed by atoms with Gasteiger partial charge in [-0.1, -0.05) is 160 Å². The molecule has 0 aromatic rings. The van der Waals surface area contributed by atoms with E-state index >= 15 is 0 Å². The maximum atomic E-state index is 12.6. The summed E-state index contributed by atoms with van der Waals surface area (Å²) in [5.74, 6) is -0.206. The molecule has 0 aromatic carbocycles. The lowest BCUT2D eigenvalue weighted by Gasteiger charge is -2.23. The molecule has 0 spiro atoms. The van der Waals surface area contributed by atoms with Crippen LogP contribution in [0, 0.1) is 0 Å².